The molecule has 0 radical (unpaired) electrons. The Kier molecular flexibility index (Phi) is 6.80. The molecule has 166 valence electrons. The molecule has 2 unspecified atom stereocenters. The monoisotopic (exact) mass is 422 g/mol. The lowest BCUT2D eigenvalue weighted by molar-refractivity contribution is -0.125. The van der Waals surface area contributed by atoms with E-state index in [4.69, 9.17) is 0 Å². The molecule has 0 spiro atoms. The fourth-order valence-corrected chi connectivity index (χ4v) is 4.96. The zero-order valence-corrected chi connectivity index (χ0v) is 18.9. The minimum absolute atomic E-state index is 0.00128. The van der Waals surface area contributed by atoms with Crippen LogP contribution in [0.15, 0.2) is 29.5 Å². The van der Waals surface area contributed by atoms with Crippen molar-refractivity contribution >= 4 is 28.8 Å². The van der Waals surface area contributed by atoms with E-state index in [0.717, 1.165) is 61.4 Å². The van der Waals surface area contributed by atoms with Gasteiger partial charge in [-0.15, -0.1) is 0 Å². The summed E-state index contributed by atoms with van der Waals surface area (Å²) in [6.45, 7) is 6.93. The summed E-state index contributed by atoms with van der Waals surface area (Å²) in [5.41, 5.74) is 3.74. The standard InChI is InChI=1S/C24H34N6O/c1-17-12-20(24(31)28-13-18-6-10-29(3)11-7-18)16-30(15-17)21-5-4-19(14-25-2)22-23(21)27-9-8-26-22/h4-5,8-9,14,17-18,20H,6-7,10-13,15-16H2,1-3H3,(H,28,31)/b25-14+. The van der Waals surface area contributed by atoms with Crippen molar-refractivity contribution in [1.29, 1.82) is 0 Å². The van der Waals surface area contributed by atoms with E-state index < -0.39 is 0 Å². The maximum atomic E-state index is 13.0. The number of hydrogen-bond acceptors (Lipinski definition) is 6. The molecule has 1 amide bonds. The molecule has 0 aliphatic carbocycles. The van der Waals surface area contributed by atoms with Gasteiger partial charge in [-0.1, -0.05) is 6.92 Å². The summed E-state index contributed by atoms with van der Waals surface area (Å²) in [4.78, 5) is 31.0. The predicted octanol–water partition coefficient (Wildman–Crippen LogP) is 2.60. The molecule has 2 aliphatic rings. The minimum Gasteiger partial charge on any atom is -0.369 e. The summed E-state index contributed by atoms with van der Waals surface area (Å²) in [6.07, 6.45) is 8.54. The summed E-state index contributed by atoms with van der Waals surface area (Å²) in [7, 11) is 3.93. The van der Waals surface area contributed by atoms with Gasteiger partial charge in [0.25, 0.3) is 0 Å². The van der Waals surface area contributed by atoms with Crippen LogP contribution >= 0.6 is 0 Å². The van der Waals surface area contributed by atoms with Crippen molar-refractivity contribution in [3.8, 4) is 0 Å². The molecule has 7 nitrogen and oxygen atoms in total. The largest absolute Gasteiger partial charge is 0.369 e. The molecule has 1 aromatic carbocycles. The molecule has 0 saturated carbocycles. The maximum absolute atomic E-state index is 13.0. The number of amides is 1. The van der Waals surface area contributed by atoms with Gasteiger partial charge in [-0.3, -0.25) is 19.8 Å². The van der Waals surface area contributed by atoms with Crippen molar-refractivity contribution in [2.24, 2.45) is 22.7 Å². The highest BCUT2D eigenvalue weighted by Crippen LogP contribution is 2.31. The second-order valence-corrected chi connectivity index (χ2v) is 9.25. The second kappa shape index (κ2) is 9.73. The predicted molar refractivity (Wildman–Crippen MR) is 126 cm³/mol. The molecule has 1 N–H and O–H groups in total. The zero-order chi connectivity index (χ0) is 21.8. The van der Waals surface area contributed by atoms with E-state index in [1.807, 2.05) is 12.3 Å². The van der Waals surface area contributed by atoms with Crippen molar-refractivity contribution < 1.29 is 4.79 Å². The molecule has 2 saturated heterocycles. The molecular weight excluding hydrogens is 388 g/mol. The molecule has 1 aromatic heterocycles. The van der Waals surface area contributed by atoms with Crippen LogP contribution in [0.3, 0.4) is 0 Å². The lowest BCUT2D eigenvalue weighted by Gasteiger charge is -2.38. The fraction of sp³-hybridized carbons (Fsp3) is 0.583. The van der Waals surface area contributed by atoms with Gasteiger partial charge in [0.1, 0.15) is 5.52 Å². The number of likely N-dealkylation sites (tertiary alicyclic amines) is 1. The maximum Gasteiger partial charge on any atom is 0.224 e. The first-order valence-corrected chi connectivity index (χ1v) is 11.4. The second-order valence-electron chi connectivity index (χ2n) is 9.25. The Labute approximate surface area is 185 Å². The topological polar surface area (TPSA) is 73.7 Å². The number of nitrogens with one attached hydrogen (secondary N) is 1. The first-order chi connectivity index (χ1) is 15.0. The fourth-order valence-electron chi connectivity index (χ4n) is 4.96. The Balaban J connectivity index is 1.48. The van der Waals surface area contributed by atoms with Crippen LogP contribution in [-0.4, -0.2) is 73.8 Å². The molecule has 31 heavy (non-hydrogen) atoms. The Morgan fingerprint density at radius 1 is 1.19 bits per heavy atom. The molecule has 2 atom stereocenters. The van der Waals surface area contributed by atoms with Crippen molar-refractivity contribution in [2.75, 3.05) is 51.7 Å². The van der Waals surface area contributed by atoms with Gasteiger partial charge in [0.2, 0.25) is 5.91 Å². The summed E-state index contributed by atoms with van der Waals surface area (Å²) >= 11 is 0. The normalized spacial score (nSPS) is 23.5. The van der Waals surface area contributed by atoms with Crippen LogP contribution in [0.1, 0.15) is 31.7 Å². The van der Waals surface area contributed by atoms with E-state index in [-0.39, 0.29) is 11.8 Å². The highest BCUT2D eigenvalue weighted by Gasteiger charge is 2.31. The number of nitrogens with zero attached hydrogens (tertiary/aromatic N) is 5. The van der Waals surface area contributed by atoms with Crippen molar-refractivity contribution in [1.82, 2.24) is 20.2 Å². The van der Waals surface area contributed by atoms with Crippen LogP contribution < -0.4 is 10.2 Å². The zero-order valence-electron chi connectivity index (χ0n) is 18.9. The van der Waals surface area contributed by atoms with Gasteiger partial charge in [0.15, 0.2) is 0 Å². The van der Waals surface area contributed by atoms with E-state index in [0.29, 0.717) is 11.8 Å². The number of carbonyl (C=O) groups excluding carboxylic acids is 1. The van der Waals surface area contributed by atoms with Crippen LogP contribution in [0, 0.1) is 17.8 Å². The van der Waals surface area contributed by atoms with Gasteiger partial charge in [-0.25, -0.2) is 0 Å². The van der Waals surface area contributed by atoms with Crippen LogP contribution in [0.2, 0.25) is 0 Å². The van der Waals surface area contributed by atoms with Crippen LogP contribution in [-0.2, 0) is 4.79 Å². The van der Waals surface area contributed by atoms with E-state index in [9.17, 15) is 4.79 Å². The molecular formula is C24H34N6O. The number of aromatic nitrogens is 2. The average molecular weight is 423 g/mol. The molecule has 4 rings (SSSR count). The van der Waals surface area contributed by atoms with Gasteiger partial charge < -0.3 is 15.1 Å². The Morgan fingerprint density at radius 2 is 1.94 bits per heavy atom. The molecule has 2 aliphatic heterocycles. The lowest BCUT2D eigenvalue weighted by atomic mass is 9.88. The number of aliphatic imine (C=N–C) groups is 1. The first kappa shape index (κ1) is 21.7. The summed E-state index contributed by atoms with van der Waals surface area (Å²) in [6, 6.07) is 4.15. The van der Waals surface area contributed by atoms with Crippen molar-refractivity contribution in [2.45, 2.75) is 26.2 Å². The third kappa shape index (κ3) is 5.03. The Morgan fingerprint density at radius 3 is 2.68 bits per heavy atom. The quantitative estimate of drug-likeness (QED) is 0.750. The van der Waals surface area contributed by atoms with Gasteiger partial charge in [0.05, 0.1) is 17.1 Å². The van der Waals surface area contributed by atoms with Crippen LogP contribution in [0.4, 0.5) is 5.69 Å². The number of benzene rings is 1. The van der Waals surface area contributed by atoms with E-state index >= 15 is 0 Å². The van der Waals surface area contributed by atoms with E-state index in [1.54, 1.807) is 19.4 Å². The minimum atomic E-state index is -0.00128. The van der Waals surface area contributed by atoms with Crippen molar-refractivity contribution in [3.63, 3.8) is 0 Å². The van der Waals surface area contributed by atoms with Crippen LogP contribution in [0.5, 0.6) is 0 Å². The number of rotatable bonds is 5. The SMILES string of the molecule is C/N=C/c1ccc(N2CC(C)CC(C(=O)NCC3CCN(C)CC3)C2)c2nccnc12. The smallest absolute Gasteiger partial charge is 0.224 e. The summed E-state index contributed by atoms with van der Waals surface area (Å²) < 4.78 is 0. The molecule has 3 heterocycles. The van der Waals surface area contributed by atoms with Crippen LogP contribution in [0.25, 0.3) is 11.0 Å². The lowest BCUT2D eigenvalue weighted by Crippen LogP contribution is -2.47. The summed E-state index contributed by atoms with van der Waals surface area (Å²) in [5, 5.41) is 3.26. The Bertz CT molecular complexity index is 937. The molecule has 2 aromatic rings. The average Bonchev–Trinajstić information content (AvgIpc) is 2.78. The number of carbonyl (C=O) groups is 1. The highest BCUT2D eigenvalue weighted by atomic mass is 16.1. The molecule has 7 heteroatoms. The van der Waals surface area contributed by atoms with E-state index in [1.165, 1.54) is 12.8 Å². The molecule has 2 fully saturated rings. The first-order valence-electron chi connectivity index (χ1n) is 11.4. The number of fused-ring (bicyclic) bond motifs is 1. The van der Waals surface area contributed by atoms with Gasteiger partial charge in [-0.05, 0) is 63.4 Å². The van der Waals surface area contributed by atoms with Gasteiger partial charge in [0, 0.05) is 50.9 Å². The van der Waals surface area contributed by atoms with E-state index in [2.05, 4.69) is 50.1 Å². The highest BCUT2D eigenvalue weighted by molar-refractivity contribution is 6.01. The third-order valence-electron chi connectivity index (χ3n) is 6.68. The molecule has 0 bridgehead atoms. The number of piperidine rings is 2. The van der Waals surface area contributed by atoms with Gasteiger partial charge >= 0.3 is 0 Å². The number of anilines is 1. The van der Waals surface area contributed by atoms with Gasteiger partial charge in [-0.2, -0.15) is 0 Å². The van der Waals surface area contributed by atoms with Crippen molar-refractivity contribution in [3.05, 3.63) is 30.1 Å². The Hall–Kier alpha value is -2.54. The third-order valence-corrected chi connectivity index (χ3v) is 6.68. The summed E-state index contributed by atoms with van der Waals surface area (Å²) in [5.74, 6) is 1.24. The number of hydrogen-bond donors (Lipinski definition) is 1.